The molecule has 0 aliphatic carbocycles. The van der Waals surface area contributed by atoms with E-state index in [1.54, 1.807) is 42.0 Å². The number of anilines is 1. The lowest BCUT2D eigenvalue weighted by Crippen LogP contribution is -2.39. The number of carbonyl (C=O) groups excluding carboxylic acids is 1. The van der Waals surface area contributed by atoms with Crippen LogP contribution in [0.3, 0.4) is 0 Å². The number of methoxy groups -OCH3 is 2. The monoisotopic (exact) mass is 488 g/mol. The van der Waals surface area contributed by atoms with E-state index in [2.05, 4.69) is 27.7 Å². The maximum atomic E-state index is 12.8. The number of likely N-dealkylation sites (tertiary alicyclic amines) is 1. The number of amides is 1. The molecule has 0 unspecified atom stereocenters. The first-order valence-corrected chi connectivity index (χ1v) is 11.3. The van der Waals surface area contributed by atoms with Crippen LogP contribution in [-0.2, 0) is 4.74 Å². The van der Waals surface area contributed by atoms with E-state index in [9.17, 15) is 4.79 Å². The van der Waals surface area contributed by atoms with E-state index in [1.807, 2.05) is 20.8 Å². The SMILES string of the molecule is C#C[C@@H]1C[C@H](n2nc(C#Cc3cc(OC)cc(OC)c3)c3c(N)ncnc32)CN1C(=O)OC(C)(C)C. The van der Waals surface area contributed by atoms with Crippen LogP contribution in [0.25, 0.3) is 11.0 Å². The van der Waals surface area contributed by atoms with Crippen molar-refractivity contribution in [3.63, 3.8) is 0 Å². The number of ether oxygens (including phenoxy) is 3. The van der Waals surface area contributed by atoms with Gasteiger partial charge in [-0.25, -0.2) is 19.4 Å². The molecular formula is C26H28N6O4. The Labute approximate surface area is 209 Å². The van der Waals surface area contributed by atoms with Crippen molar-refractivity contribution in [2.75, 3.05) is 26.5 Å². The van der Waals surface area contributed by atoms with Crippen molar-refractivity contribution < 1.29 is 19.0 Å². The molecule has 1 saturated heterocycles. The molecule has 2 N–H and O–H groups in total. The molecule has 0 radical (unpaired) electrons. The summed E-state index contributed by atoms with van der Waals surface area (Å²) in [5.41, 5.74) is 7.16. The molecule has 36 heavy (non-hydrogen) atoms. The Hall–Kier alpha value is -4.44. The minimum atomic E-state index is -0.639. The third-order valence-corrected chi connectivity index (χ3v) is 5.64. The fourth-order valence-corrected chi connectivity index (χ4v) is 4.02. The predicted octanol–water partition coefficient (Wildman–Crippen LogP) is 3.01. The highest BCUT2D eigenvalue weighted by atomic mass is 16.6. The van der Waals surface area contributed by atoms with Crippen molar-refractivity contribution >= 4 is 22.9 Å². The van der Waals surface area contributed by atoms with Gasteiger partial charge in [0.1, 0.15) is 34.9 Å². The smallest absolute Gasteiger partial charge is 0.411 e. The Morgan fingerprint density at radius 1 is 1.14 bits per heavy atom. The summed E-state index contributed by atoms with van der Waals surface area (Å²) in [6, 6.07) is 4.66. The number of aromatic nitrogens is 4. The molecule has 1 aliphatic rings. The molecule has 2 atom stereocenters. The minimum absolute atomic E-state index is 0.247. The average molecular weight is 489 g/mol. The molecule has 10 heteroatoms. The van der Waals surface area contributed by atoms with E-state index >= 15 is 0 Å². The van der Waals surface area contributed by atoms with Gasteiger partial charge in [0.2, 0.25) is 0 Å². The minimum Gasteiger partial charge on any atom is -0.497 e. The Balaban J connectivity index is 1.72. The summed E-state index contributed by atoms with van der Waals surface area (Å²) in [5.74, 6) is 10.4. The molecule has 186 valence electrons. The predicted molar refractivity (Wildman–Crippen MR) is 134 cm³/mol. The van der Waals surface area contributed by atoms with E-state index in [1.165, 1.54) is 6.33 Å². The fraction of sp³-hybridized carbons (Fsp3) is 0.385. The number of benzene rings is 1. The van der Waals surface area contributed by atoms with Crippen LogP contribution < -0.4 is 15.2 Å². The first-order chi connectivity index (χ1) is 17.1. The lowest BCUT2D eigenvalue weighted by molar-refractivity contribution is 0.0255. The zero-order valence-electron chi connectivity index (χ0n) is 20.9. The summed E-state index contributed by atoms with van der Waals surface area (Å²) in [6.07, 6.45) is 7.14. The molecule has 2 aromatic heterocycles. The van der Waals surface area contributed by atoms with Gasteiger partial charge in [-0.2, -0.15) is 5.10 Å². The molecule has 3 heterocycles. The van der Waals surface area contributed by atoms with Crippen molar-refractivity contribution in [1.29, 1.82) is 0 Å². The van der Waals surface area contributed by atoms with Crippen LogP contribution in [0.2, 0.25) is 0 Å². The standard InChI is InChI=1S/C26H28N6O4/c1-7-17-12-18(14-31(17)25(33)36-26(2,3)4)32-24-22(23(27)28-15-29-24)21(30-32)9-8-16-10-19(34-5)13-20(11-16)35-6/h1,10-11,13,15,17-18H,12,14H2,2-6H3,(H2,27,28,29)/t17-,18+/m1/s1. The largest absolute Gasteiger partial charge is 0.497 e. The first-order valence-electron chi connectivity index (χ1n) is 11.3. The van der Waals surface area contributed by atoms with Crippen LogP contribution >= 0.6 is 0 Å². The summed E-state index contributed by atoms with van der Waals surface area (Å²) in [7, 11) is 3.15. The Kier molecular flexibility index (Phi) is 6.63. The van der Waals surface area contributed by atoms with Crippen molar-refractivity contribution in [3.05, 3.63) is 35.8 Å². The molecule has 4 rings (SSSR count). The molecular weight excluding hydrogens is 460 g/mol. The zero-order chi connectivity index (χ0) is 26.0. The number of terminal acetylenes is 1. The van der Waals surface area contributed by atoms with E-state index in [-0.39, 0.29) is 11.9 Å². The number of carbonyl (C=O) groups is 1. The van der Waals surface area contributed by atoms with Gasteiger partial charge in [-0.05, 0) is 38.8 Å². The second-order valence-electron chi connectivity index (χ2n) is 9.31. The van der Waals surface area contributed by atoms with Crippen molar-refractivity contribution in [3.8, 4) is 35.7 Å². The van der Waals surface area contributed by atoms with Gasteiger partial charge in [-0.15, -0.1) is 6.42 Å². The second kappa shape index (κ2) is 9.67. The van der Waals surface area contributed by atoms with Crippen LogP contribution in [0.15, 0.2) is 24.5 Å². The van der Waals surface area contributed by atoms with E-state index in [4.69, 9.17) is 31.5 Å². The van der Waals surface area contributed by atoms with Crippen molar-refractivity contribution in [1.82, 2.24) is 24.6 Å². The number of nitrogens with zero attached hydrogens (tertiary/aromatic N) is 5. The lowest BCUT2D eigenvalue weighted by atomic mass is 10.2. The van der Waals surface area contributed by atoms with Crippen LogP contribution in [0.5, 0.6) is 11.5 Å². The van der Waals surface area contributed by atoms with Crippen LogP contribution in [-0.4, -0.2) is 63.1 Å². The van der Waals surface area contributed by atoms with Gasteiger partial charge in [0.25, 0.3) is 0 Å². The maximum absolute atomic E-state index is 12.8. The number of hydrogen-bond acceptors (Lipinski definition) is 8. The second-order valence-corrected chi connectivity index (χ2v) is 9.31. The quantitative estimate of drug-likeness (QED) is 0.559. The number of rotatable bonds is 3. The van der Waals surface area contributed by atoms with Gasteiger partial charge in [0, 0.05) is 24.6 Å². The van der Waals surface area contributed by atoms with Gasteiger partial charge >= 0.3 is 6.09 Å². The number of nitrogens with two attached hydrogens (primary N) is 1. The molecule has 1 aliphatic heterocycles. The molecule has 1 aromatic carbocycles. The molecule has 1 amide bonds. The zero-order valence-corrected chi connectivity index (χ0v) is 20.9. The van der Waals surface area contributed by atoms with E-state index in [0.29, 0.717) is 46.8 Å². The summed E-state index contributed by atoms with van der Waals surface area (Å²) in [4.78, 5) is 22.9. The third kappa shape index (κ3) is 4.98. The highest BCUT2D eigenvalue weighted by molar-refractivity contribution is 5.90. The van der Waals surface area contributed by atoms with Gasteiger partial charge in [-0.3, -0.25) is 4.90 Å². The number of hydrogen-bond donors (Lipinski definition) is 1. The van der Waals surface area contributed by atoms with Crippen LogP contribution in [0, 0.1) is 24.2 Å². The number of fused-ring (bicyclic) bond motifs is 1. The van der Waals surface area contributed by atoms with Gasteiger partial charge in [-0.1, -0.05) is 11.8 Å². The molecule has 0 bridgehead atoms. The van der Waals surface area contributed by atoms with E-state index in [0.717, 1.165) is 0 Å². The topological polar surface area (TPSA) is 118 Å². The van der Waals surface area contributed by atoms with Crippen molar-refractivity contribution in [2.45, 2.75) is 44.9 Å². The highest BCUT2D eigenvalue weighted by Gasteiger charge is 2.39. The lowest BCUT2D eigenvalue weighted by Gasteiger charge is -2.26. The Bertz CT molecular complexity index is 1380. The summed E-state index contributed by atoms with van der Waals surface area (Å²) < 4.78 is 17.9. The van der Waals surface area contributed by atoms with E-state index < -0.39 is 17.7 Å². The Morgan fingerprint density at radius 3 is 2.44 bits per heavy atom. The molecule has 0 spiro atoms. The van der Waals surface area contributed by atoms with Crippen molar-refractivity contribution in [2.24, 2.45) is 0 Å². The molecule has 10 nitrogen and oxygen atoms in total. The molecule has 1 fully saturated rings. The van der Waals surface area contributed by atoms with Gasteiger partial charge < -0.3 is 19.9 Å². The van der Waals surface area contributed by atoms with Crippen LogP contribution in [0.4, 0.5) is 10.6 Å². The summed E-state index contributed by atoms with van der Waals surface area (Å²) in [5, 5.41) is 5.26. The van der Waals surface area contributed by atoms with Crippen LogP contribution in [0.1, 0.15) is 44.5 Å². The first kappa shape index (κ1) is 24.7. The van der Waals surface area contributed by atoms with Gasteiger partial charge in [0.05, 0.1) is 31.7 Å². The third-order valence-electron chi connectivity index (χ3n) is 5.64. The average Bonchev–Trinajstić information content (AvgIpc) is 3.43. The Morgan fingerprint density at radius 2 is 1.83 bits per heavy atom. The maximum Gasteiger partial charge on any atom is 0.411 e. The molecule has 0 saturated carbocycles. The molecule has 3 aromatic rings. The summed E-state index contributed by atoms with van der Waals surface area (Å²) >= 11 is 0. The van der Waals surface area contributed by atoms with Gasteiger partial charge in [0.15, 0.2) is 5.65 Å². The number of nitrogen functional groups attached to an aromatic ring is 1. The summed E-state index contributed by atoms with van der Waals surface area (Å²) in [6.45, 7) is 5.75. The normalized spacial score (nSPS) is 17.3. The highest BCUT2D eigenvalue weighted by Crippen LogP contribution is 2.32. The fourth-order valence-electron chi connectivity index (χ4n) is 4.02.